The van der Waals surface area contributed by atoms with Gasteiger partial charge in [0.15, 0.2) is 0 Å². The molecule has 0 radical (unpaired) electrons. The first-order chi connectivity index (χ1) is 8.77. The van der Waals surface area contributed by atoms with Gasteiger partial charge in [-0.25, -0.2) is 0 Å². The van der Waals surface area contributed by atoms with Gasteiger partial charge in [-0.2, -0.15) is 0 Å². The normalized spacial score (nSPS) is 27.9. The zero-order valence-electron chi connectivity index (χ0n) is 10.1. The van der Waals surface area contributed by atoms with Crippen molar-refractivity contribution in [2.75, 3.05) is 13.2 Å². The number of hydrogen-bond acceptors (Lipinski definition) is 3. The summed E-state index contributed by atoms with van der Waals surface area (Å²) in [5.74, 6) is -0.0334. The molecule has 0 N–H and O–H groups in total. The van der Waals surface area contributed by atoms with E-state index in [1.165, 1.54) is 12.7 Å². The highest BCUT2D eigenvalue weighted by Crippen LogP contribution is 2.30. The number of rotatable bonds is 1. The van der Waals surface area contributed by atoms with Crippen LogP contribution in [0.1, 0.15) is 36.0 Å². The second-order valence-corrected chi connectivity index (χ2v) is 5.21. The Morgan fingerprint density at radius 3 is 3.00 bits per heavy atom. The van der Waals surface area contributed by atoms with Gasteiger partial charge in [-0.05, 0) is 30.5 Å². The Labute approximate surface area is 111 Å². The molecule has 2 unspecified atom stereocenters. The quantitative estimate of drug-likeness (QED) is 0.787. The molecule has 18 heavy (non-hydrogen) atoms. The van der Waals surface area contributed by atoms with E-state index < -0.39 is 0 Å². The number of morpholine rings is 1. The smallest absolute Gasteiger partial charge is 0.259 e. The van der Waals surface area contributed by atoms with E-state index in [-0.39, 0.29) is 23.3 Å². The Kier molecular flexibility index (Phi) is 3.31. The van der Waals surface area contributed by atoms with E-state index in [9.17, 15) is 4.79 Å². The number of ether oxygens (including phenoxy) is 1. The van der Waals surface area contributed by atoms with Gasteiger partial charge in [-0.1, -0.05) is 12.8 Å². The maximum atomic E-state index is 12.5. The van der Waals surface area contributed by atoms with Crippen LogP contribution >= 0.6 is 11.6 Å². The Bertz CT molecular complexity index is 443. The van der Waals surface area contributed by atoms with Gasteiger partial charge in [-0.15, -0.1) is 0 Å². The molecule has 2 heterocycles. The molecule has 1 aromatic heterocycles. The maximum Gasteiger partial charge on any atom is 0.259 e. The van der Waals surface area contributed by atoms with Crippen molar-refractivity contribution in [1.29, 1.82) is 0 Å². The second kappa shape index (κ2) is 4.94. The average Bonchev–Trinajstić information content (AvgIpc) is 2.83. The summed E-state index contributed by atoms with van der Waals surface area (Å²) in [7, 11) is 0. The molecule has 1 aliphatic carbocycles. The van der Waals surface area contributed by atoms with E-state index in [0.29, 0.717) is 18.7 Å². The van der Waals surface area contributed by atoms with Gasteiger partial charge in [0.1, 0.15) is 0 Å². The van der Waals surface area contributed by atoms with E-state index in [2.05, 4.69) is 0 Å². The van der Waals surface area contributed by atoms with Crippen LogP contribution in [0.3, 0.4) is 0 Å². The molecule has 1 amide bonds. The summed E-state index contributed by atoms with van der Waals surface area (Å²) in [6.45, 7) is 1.25. The van der Waals surface area contributed by atoms with Crippen molar-refractivity contribution >= 4 is 17.5 Å². The van der Waals surface area contributed by atoms with Gasteiger partial charge in [0.2, 0.25) is 5.22 Å². The highest BCUT2D eigenvalue weighted by Gasteiger charge is 2.37. The summed E-state index contributed by atoms with van der Waals surface area (Å²) in [5.41, 5.74) is 0.461. The summed E-state index contributed by atoms with van der Waals surface area (Å²) in [6, 6.07) is 1.84. The molecule has 0 bridgehead atoms. The highest BCUT2D eigenvalue weighted by molar-refractivity contribution is 6.32. The lowest BCUT2D eigenvalue weighted by Gasteiger charge is -2.43. The molecule has 2 fully saturated rings. The highest BCUT2D eigenvalue weighted by atomic mass is 35.5. The minimum Gasteiger partial charge on any atom is -0.452 e. The number of amides is 1. The van der Waals surface area contributed by atoms with E-state index in [1.54, 1.807) is 6.07 Å². The minimum atomic E-state index is -0.0334. The van der Waals surface area contributed by atoms with Gasteiger partial charge in [0.25, 0.3) is 5.91 Å². The Morgan fingerprint density at radius 1 is 1.39 bits per heavy atom. The molecular weight excluding hydrogens is 254 g/mol. The molecule has 1 saturated heterocycles. The first-order valence-corrected chi connectivity index (χ1v) is 6.81. The van der Waals surface area contributed by atoms with Crippen molar-refractivity contribution in [3.8, 4) is 0 Å². The van der Waals surface area contributed by atoms with Crippen LogP contribution in [0.2, 0.25) is 5.22 Å². The SMILES string of the molecule is O=C(c1ccoc1Cl)N1CCOC2CCCCC21. The third-order valence-corrected chi connectivity index (χ3v) is 4.13. The molecule has 1 saturated carbocycles. The summed E-state index contributed by atoms with van der Waals surface area (Å²) in [6.07, 6.45) is 6.07. The molecule has 3 rings (SSSR count). The number of halogens is 1. The lowest BCUT2D eigenvalue weighted by atomic mass is 9.90. The predicted octanol–water partition coefficient (Wildman–Crippen LogP) is 2.72. The van der Waals surface area contributed by atoms with Crippen LogP contribution in [0, 0.1) is 0 Å². The largest absolute Gasteiger partial charge is 0.452 e. The summed E-state index contributed by atoms with van der Waals surface area (Å²) < 4.78 is 10.8. The molecule has 1 aromatic rings. The third kappa shape index (κ3) is 2.04. The van der Waals surface area contributed by atoms with E-state index >= 15 is 0 Å². The third-order valence-electron chi connectivity index (χ3n) is 3.84. The molecule has 98 valence electrons. The predicted molar refractivity (Wildman–Crippen MR) is 66.8 cm³/mol. The van der Waals surface area contributed by atoms with Crippen LogP contribution in [0.4, 0.5) is 0 Å². The first-order valence-electron chi connectivity index (χ1n) is 6.43. The van der Waals surface area contributed by atoms with Crippen molar-refractivity contribution in [2.24, 2.45) is 0 Å². The topological polar surface area (TPSA) is 42.7 Å². The first kappa shape index (κ1) is 12.1. The Morgan fingerprint density at radius 2 is 2.22 bits per heavy atom. The molecule has 4 nitrogen and oxygen atoms in total. The van der Waals surface area contributed by atoms with Gasteiger partial charge in [0.05, 0.1) is 30.6 Å². The minimum absolute atomic E-state index is 0.0334. The van der Waals surface area contributed by atoms with Crippen molar-refractivity contribution in [3.63, 3.8) is 0 Å². The molecule has 2 aliphatic rings. The number of carbonyl (C=O) groups excluding carboxylic acids is 1. The van der Waals surface area contributed by atoms with Gasteiger partial charge < -0.3 is 14.1 Å². The van der Waals surface area contributed by atoms with E-state index in [0.717, 1.165) is 19.3 Å². The summed E-state index contributed by atoms with van der Waals surface area (Å²) in [4.78, 5) is 14.4. The average molecular weight is 270 g/mol. The molecule has 0 aromatic carbocycles. The second-order valence-electron chi connectivity index (χ2n) is 4.87. The van der Waals surface area contributed by atoms with E-state index in [1.807, 2.05) is 4.90 Å². The van der Waals surface area contributed by atoms with Crippen molar-refractivity contribution in [2.45, 2.75) is 37.8 Å². The lowest BCUT2D eigenvalue weighted by molar-refractivity contribution is -0.0752. The van der Waals surface area contributed by atoms with Crippen LogP contribution in [0.15, 0.2) is 16.7 Å². The van der Waals surface area contributed by atoms with Gasteiger partial charge in [0, 0.05) is 6.54 Å². The lowest BCUT2D eigenvalue weighted by Crippen LogP contribution is -2.54. The molecule has 1 aliphatic heterocycles. The molecule has 0 spiro atoms. The zero-order valence-corrected chi connectivity index (χ0v) is 10.9. The van der Waals surface area contributed by atoms with Gasteiger partial charge in [-0.3, -0.25) is 4.79 Å². The molecular formula is C13H16ClNO3. The maximum absolute atomic E-state index is 12.5. The van der Waals surface area contributed by atoms with Gasteiger partial charge >= 0.3 is 0 Å². The van der Waals surface area contributed by atoms with Crippen LogP contribution < -0.4 is 0 Å². The van der Waals surface area contributed by atoms with Crippen LogP contribution in [0.25, 0.3) is 0 Å². The fourth-order valence-electron chi connectivity index (χ4n) is 2.95. The number of hydrogen-bond donors (Lipinski definition) is 0. The van der Waals surface area contributed by atoms with Crippen LogP contribution in [-0.4, -0.2) is 36.1 Å². The summed E-state index contributed by atoms with van der Waals surface area (Å²) >= 11 is 5.88. The number of nitrogens with zero attached hydrogens (tertiary/aromatic N) is 1. The molecule has 5 heteroatoms. The van der Waals surface area contributed by atoms with Crippen LogP contribution in [-0.2, 0) is 4.74 Å². The standard InChI is InChI=1S/C13H16ClNO3/c14-12-9(5-7-18-12)13(16)15-6-8-17-11-4-2-1-3-10(11)15/h5,7,10-11H,1-4,6,8H2. The Hall–Kier alpha value is -1.00. The van der Waals surface area contributed by atoms with Crippen LogP contribution in [0.5, 0.6) is 0 Å². The fraction of sp³-hybridized carbons (Fsp3) is 0.615. The number of carbonyl (C=O) groups is 1. The number of fused-ring (bicyclic) bond motifs is 1. The fourth-order valence-corrected chi connectivity index (χ4v) is 3.14. The van der Waals surface area contributed by atoms with Crippen molar-refractivity contribution < 1.29 is 13.9 Å². The zero-order chi connectivity index (χ0) is 12.5. The summed E-state index contributed by atoms with van der Waals surface area (Å²) in [5, 5.41) is 0.179. The monoisotopic (exact) mass is 269 g/mol. The Balaban J connectivity index is 1.82. The van der Waals surface area contributed by atoms with Crippen molar-refractivity contribution in [3.05, 3.63) is 23.1 Å². The van der Waals surface area contributed by atoms with E-state index in [4.69, 9.17) is 20.8 Å². The number of furan rings is 1. The molecule has 2 atom stereocenters. The van der Waals surface area contributed by atoms with Crippen molar-refractivity contribution in [1.82, 2.24) is 4.90 Å².